The van der Waals surface area contributed by atoms with E-state index in [-0.39, 0.29) is 17.6 Å². The maximum absolute atomic E-state index is 11.1. The van der Waals surface area contributed by atoms with Crippen LogP contribution in [0.3, 0.4) is 0 Å². The summed E-state index contributed by atoms with van der Waals surface area (Å²) in [5, 5.41) is 16.5. The fourth-order valence-electron chi connectivity index (χ4n) is 2.15. The highest BCUT2D eigenvalue weighted by molar-refractivity contribution is 5.79. The lowest BCUT2D eigenvalue weighted by atomic mass is 10.2. The molecule has 0 bridgehead atoms. The molecule has 1 fully saturated rings. The number of oxazole rings is 1. The molecule has 8 nitrogen and oxygen atoms in total. The Morgan fingerprint density at radius 2 is 2.40 bits per heavy atom. The largest absolute Gasteiger partial charge is 0.424 e. The molecule has 1 aromatic carbocycles. The number of benzene rings is 1. The first-order valence-electron chi connectivity index (χ1n) is 6.20. The normalized spacial score (nSPS) is 18.2. The van der Waals surface area contributed by atoms with E-state index in [0.717, 1.165) is 6.42 Å². The third-order valence-corrected chi connectivity index (χ3v) is 3.17. The molecule has 2 heterocycles. The van der Waals surface area contributed by atoms with E-state index in [1.165, 1.54) is 18.2 Å². The van der Waals surface area contributed by atoms with Gasteiger partial charge in [-0.15, -0.1) is 0 Å². The fraction of sp³-hybridized carbons (Fsp3) is 0.333. The Hall–Kier alpha value is -2.64. The molecule has 3 rings (SSSR count). The zero-order valence-electron chi connectivity index (χ0n) is 10.5. The molecule has 1 saturated heterocycles. The molecule has 0 radical (unpaired) electrons. The summed E-state index contributed by atoms with van der Waals surface area (Å²) in [6.45, 7) is 0.515. The van der Waals surface area contributed by atoms with Crippen LogP contribution in [0.2, 0.25) is 0 Å². The highest BCUT2D eigenvalue weighted by Gasteiger charge is 2.21. The summed E-state index contributed by atoms with van der Waals surface area (Å²) in [7, 11) is 0. The molecule has 1 unspecified atom stereocenters. The molecule has 2 aromatic rings. The first-order chi connectivity index (χ1) is 9.61. The average molecular weight is 276 g/mol. The first kappa shape index (κ1) is 12.4. The predicted molar refractivity (Wildman–Crippen MR) is 70.3 cm³/mol. The first-order valence-corrected chi connectivity index (χ1v) is 6.20. The van der Waals surface area contributed by atoms with E-state index in [0.29, 0.717) is 30.1 Å². The Morgan fingerprint density at radius 3 is 3.10 bits per heavy atom. The van der Waals surface area contributed by atoms with Crippen molar-refractivity contribution in [2.75, 3.05) is 11.9 Å². The molecule has 8 heteroatoms. The highest BCUT2D eigenvalue weighted by atomic mass is 16.6. The minimum atomic E-state index is -0.477. The zero-order chi connectivity index (χ0) is 14.1. The minimum Gasteiger partial charge on any atom is -0.424 e. The van der Waals surface area contributed by atoms with E-state index in [9.17, 15) is 14.9 Å². The van der Waals surface area contributed by atoms with Crippen molar-refractivity contribution >= 4 is 28.7 Å². The number of nitro benzene ring substituents is 1. The molecular formula is C12H12N4O4. The number of carbonyl (C=O) groups excluding carboxylic acids is 1. The van der Waals surface area contributed by atoms with E-state index >= 15 is 0 Å². The second-order valence-corrected chi connectivity index (χ2v) is 4.61. The lowest BCUT2D eigenvalue weighted by Gasteiger charge is -2.08. The van der Waals surface area contributed by atoms with Crippen LogP contribution in [0, 0.1) is 10.1 Å². The molecule has 1 atom stereocenters. The van der Waals surface area contributed by atoms with Gasteiger partial charge in [0.2, 0.25) is 5.91 Å². The van der Waals surface area contributed by atoms with Crippen molar-refractivity contribution in [3.05, 3.63) is 28.3 Å². The average Bonchev–Trinajstić information content (AvgIpc) is 3.00. The zero-order valence-corrected chi connectivity index (χ0v) is 10.5. The number of hydrogen-bond acceptors (Lipinski definition) is 6. The SMILES string of the molecule is O=C1CCC(CNc2nc3cc([N+](=O)[O-])ccc3o2)N1. The van der Waals surface area contributed by atoms with E-state index in [1.54, 1.807) is 0 Å². The van der Waals surface area contributed by atoms with Crippen LogP contribution in [0.25, 0.3) is 11.1 Å². The molecule has 1 aliphatic rings. The Bertz CT molecular complexity index is 681. The Morgan fingerprint density at radius 1 is 1.55 bits per heavy atom. The van der Waals surface area contributed by atoms with Crippen LogP contribution in [0.15, 0.2) is 22.6 Å². The summed E-state index contributed by atoms with van der Waals surface area (Å²) >= 11 is 0. The van der Waals surface area contributed by atoms with Gasteiger partial charge in [0.15, 0.2) is 5.58 Å². The molecule has 1 aliphatic heterocycles. The molecule has 20 heavy (non-hydrogen) atoms. The van der Waals surface area contributed by atoms with Crippen LogP contribution >= 0.6 is 0 Å². The van der Waals surface area contributed by atoms with Crippen LogP contribution in [0.5, 0.6) is 0 Å². The van der Waals surface area contributed by atoms with Gasteiger partial charge < -0.3 is 15.1 Å². The topological polar surface area (TPSA) is 110 Å². The maximum atomic E-state index is 11.1. The number of non-ortho nitro benzene ring substituents is 1. The van der Waals surface area contributed by atoms with Crippen molar-refractivity contribution in [3.63, 3.8) is 0 Å². The quantitative estimate of drug-likeness (QED) is 0.645. The van der Waals surface area contributed by atoms with E-state index in [1.807, 2.05) is 0 Å². The monoisotopic (exact) mass is 276 g/mol. The molecule has 0 aliphatic carbocycles. The molecule has 0 spiro atoms. The number of rotatable bonds is 4. The molecule has 1 amide bonds. The van der Waals surface area contributed by atoms with Gasteiger partial charge in [-0.1, -0.05) is 0 Å². The Balaban J connectivity index is 1.72. The van der Waals surface area contributed by atoms with Crippen molar-refractivity contribution < 1.29 is 14.1 Å². The fourth-order valence-corrected chi connectivity index (χ4v) is 2.15. The second kappa shape index (κ2) is 4.80. The Kier molecular flexibility index (Phi) is 2.97. The number of fused-ring (bicyclic) bond motifs is 1. The minimum absolute atomic E-state index is 0.0274. The summed E-state index contributed by atoms with van der Waals surface area (Å²) in [6, 6.07) is 4.60. The highest BCUT2D eigenvalue weighted by Crippen LogP contribution is 2.23. The third kappa shape index (κ3) is 2.40. The molecule has 2 N–H and O–H groups in total. The lowest BCUT2D eigenvalue weighted by Crippen LogP contribution is -2.31. The Labute approximate surface area is 113 Å². The number of amides is 1. The van der Waals surface area contributed by atoms with Crippen LogP contribution in [0.4, 0.5) is 11.7 Å². The lowest BCUT2D eigenvalue weighted by molar-refractivity contribution is -0.384. The van der Waals surface area contributed by atoms with Gasteiger partial charge in [0.1, 0.15) is 5.52 Å². The maximum Gasteiger partial charge on any atom is 0.295 e. The van der Waals surface area contributed by atoms with Crippen molar-refractivity contribution in [2.24, 2.45) is 0 Å². The number of nitro groups is 1. The number of anilines is 1. The van der Waals surface area contributed by atoms with E-state index in [4.69, 9.17) is 4.42 Å². The summed E-state index contributed by atoms with van der Waals surface area (Å²) in [5.41, 5.74) is 0.881. The number of hydrogen-bond donors (Lipinski definition) is 2. The van der Waals surface area contributed by atoms with Crippen LogP contribution in [-0.2, 0) is 4.79 Å². The number of aromatic nitrogens is 1. The van der Waals surface area contributed by atoms with Gasteiger partial charge in [0.05, 0.1) is 4.92 Å². The second-order valence-electron chi connectivity index (χ2n) is 4.61. The predicted octanol–water partition coefficient (Wildman–Crippen LogP) is 1.43. The van der Waals surface area contributed by atoms with Crippen molar-refractivity contribution in [2.45, 2.75) is 18.9 Å². The molecule has 1 aromatic heterocycles. The number of nitrogens with one attached hydrogen (secondary N) is 2. The van der Waals surface area contributed by atoms with Crippen molar-refractivity contribution in [1.82, 2.24) is 10.3 Å². The summed E-state index contributed by atoms with van der Waals surface area (Å²) in [6.07, 6.45) is 1.31. The molecule has 104 valence electrons. The number of carbonyl (C=O) groups is 1. The van der Waals surface area contributed by atoms with Gasteiger partial charge in [0.25, 0.3) is 11.7 Å². The van der Waals surface area contributed by atoms with Crippen LogP contribution in [-0.4, -0.2) is 28.4 Å². The van der Waals surface area contributed by atoms with Crippen molar-refractivity contribution in [1.29, 1.82) is 0 Å². The van der Waals surface area contributed by atoms with Gasteiger partial charge >= 0.3 is 0 Å². The smallest absolute Gasteiger partial charge is 0.295 e. The van der Waals surface area contributed by atoms with Gasteiger partial charge in [-0.05, 0) is 12.5 Å². The standard InChI is InChI=1S/C12H12N4O4/c17-11-4-1-7(14-11)6-13-12-15-9-5-8(16(18)19)2-3-10(9)20-12/h2-3,5,7H,1,4,6H2,(H,13,15)(H,14,17). The van der Waals surface area contributed by atoms with Gasteiger partial charge in [0, 0.05) is 31.1 Å². The van der Waals surface area contributed by atoms with Gasteiger partial charge in [-0.2, -0.15) is 4.98 Å². The van der Waals surface area contributed by atoms with Crippen molar-refractivity contribution in [3.8, 4) is 0 Å². The van der Waals surface area contributed by atoms with Gasteiger partial charge in [-0.25, -0.2) is 0 Å². The van der Waals surface area contributed by atoms with Gasteiger partial charge in [-0.3, -0.25) is 14.9 Å². The van der Waals surface area contributed by atoms with E-state index in [2.05, 4.69) is 15.6 Å². The molecule has 0 saturated carbocycles. The summed E-state index contributed by atoms with van der Waals surface area (Å²) in [5.74, 6) is 0.0463. The third-order valence-electron chi connectivity index (χ3n) is 3.17. The van der Waals surface area contributed by atoms with Crippen LogP contribution < -0.4 is 10.6 Å². The summed E-state index contributed by atoms with van der Waals surface area (Å²) in [4.78, 5) is 25.4. The summed E-state index contributed by atoms with van der Waals surface area (Å²) < 4.78 is 5.43. The molecular weight excluding hydrogens is 264 g/mol. The number of nitrogens with zero attached hydrogens (tertiary/aromatic N) is 2. The van der Waals surface area contributed by atoms with E-state index < -0.39 is 4.92 Å². The van der Waals surface area contributed by atoms with Crippen LogP contribution in [0.1, 0.15) is 12.8 Å².